The van der Waals surface area contributed by atoms with E-state index in [1.807, 2.05) is 0 Å². The summed E-state index contributed by atoms with van der Waals surface area (Å²) in [5.41, 5.74) is 0.259. The van der Waals surface area contributed by atoms with Gasteiger partial charge in [-0.25, -0.2) is 12.8 Å². The van der Waals surface area contributed by atoms with Crippen LogP contribution in [0, 0.1) is 5.82 Å². The molecular formula is C12H12BrFN2O3S. The maximum atomic E-state index is 14.1. The fraction of sp³-hybridized carbons (Fsp3) is 0.417. The highest BCUT2D eigenvalue weighted by atomic mass is 79.9. The van der Waals surface area contributed by atoms with Crippen LogP contribution in [-0.2, 0) is 14.6 Å². The van der Waals surface area contributed by atoms with Gasteiger partial charge in [-0.3, -0.25) is 4.79 Å². The minimum Gasteiger partial charge on any atom is -0.354 e. The van der Waals surface area contributed by atoms with Crippen LogP contribution in [0.5, 0.6) is 0 Å². The van der Waals surface area contributed by atoms with Crippen molar-refractivity contribution in [2.75, 3.05) is 23.0 Å². The summed E-state index contributed by atoms with van der Waals surface area (Å²) in [6.07, 6.45) is 0. The quantitative estimate of drug-likeness (QED) is 0.798. The summed E-state index contributed by atoms with van der Waals surface area (Å²) < 4.78 is 38.1. The number of fused-ring (bicyclic) bond motifs is 1. The molecule has 1 amide bonds. The van der Waals surface area contributed by atoms with Crippen molar-refractivity contribution in [3.05, 3.63) is 28.5 Å². The van der Waals surface area contributed by atoms with E-state index < -0.39 is 27.7 Å². The van der Waals surface area contributed by atoms with Crippen LogP contribution < -0.4 is 10.2 Å². The van der Waals surface area contributed by atoms with Gasteiger partial charge in [0.25, 0.3) is 0 Å². The van der Waals surface area contributed by atoms with Crippen LogP contribution in [0.2, 0.25) is 0 Å². The number of sulfone groups is 1. The molecule has 2 atom stereocenters. The Kier molecular flexibility index (Phi) is 3.24. The molecule has 2 aliphatic rings. The van der Waals surface area contributed by atoms with E-state index in [0.29, 0.717) is 4.47 Å². The lowest BCUT2D eigenvalue weighted by Crippen LogP contribution is -2.60. The number of piperazine rings is 1. The van der Waals surface area contributed by atoms with E-state index in [-0.39, 0.29) is 29.6 Å². The molecule has 2 aliphatic heterocycles. The van der Waals surface area contributed by atoms with Crippen LogP contribution in [0.3, 0.4) is 0 Å². The van der Waals surface area contributed by atoms with Crippen LogP contribution in [0.15, 0.2) is 22.7 Å². The lowest BCUT2D eigenvalue weighted by molar-refractivity contribution is -0.121. The van der Waals surface area contributed by atoms with Gasteiger partial charge in [0.1, 0.15) is 5.82 Å². The first kappa shape index (κ1) is 13.8. The summed E-state index contributed by atoms with van der Waals surface area (Å²) in [5, 5.41) is 2.67. The molecule has 0 bridgehead atoms. The van der Waals surface area contributed by atoms with Gasteiger partial charge in [-0.15, -0.1) is 0 Å². The molecule has 0 spiro atoms. The van der Waals surface area contributed by atoms with Crippen molar-refractivity contribution in [3.63, 3.8) is 0 Å². The van der Waals surface area contributed by atoms with Crippen LogP contribution in [0.25, 0.3) is 0 Å². The zero-order valence-corrected chi connectivity index (χ0v) is 12.7. The van der Waals surface area contributed by atoms with Crippen LogP contribution >= 0.6 is 15.9 Å². The SMILES string of the molecule is O=C1CN(c2ccc(Br)cc2F)[C@H]2CS(=O)(=O)C[C@H]2N1. The Hall–Kier alpha value is -1.15. The Labute approximate surface area is 124 Å². The fourth-order valence-electron chi connectivity index (χ4n) is 2.78. The normalized spacial score (nSPS) is 28.1. The van der Waals surface area contributed by atoms with Gasteiger partial charge in [-0.1, -0.05) is 15.9 Å². The van der Waals surface area contributed by atoms with Gasteiger partial charge in [0.2, 0.25) is 5.91 Å². The zero-order valence-electron chi connectivity index (χ0n) is 10.3. The molecule has 3 rings (SSSR count). The van der Waals surface area contributed by atoms with Crippen molar-refractivity contribution in [1.82, 2.24) is 5.32 Å². The molecule has 20 heavy (non-hydrogen) atoms. The number of benzene rings is 1. The summed E-state index contributed by atoms with van der Waals surface area (Å²) in [7, 11) is -3.20. The van der Waals surface area contributed by atoms with E-state index in [1.54, 1.807) is 17.0 Å². The average molecular weight is 363 g/mol. The lowest BCUT2D eigenvalue weighted by atomic mass is 10.1. The number of nitrogens with one attached hydrogen (secondary N) is 1. The standard InChI is InChI=1S/C12H12BrFN2O3S/c13-7-1-2-10(8(14)3-7)16-4-12(17)15-9-5-20(18,19)6-11(9)16/h1-3,9,11H,4-6H2,(H,15,17)/t9-,11+/m1/s1. The smallest absolute Gasteiger partial charge is 0.239 e. The highest BCUT2D eigenvalue weighted by Crippen LogP contribution is 2.30. The number of hydrogen-bond acceptors (Lipinski definition) is 4. The molecule has 108 valence electrons. The van der Waals surface area contributed by atoms with Crippen molar-refractivity contribution in [2.24, 2.45) is 0 Å². The van der Waals surface area contributed by atoms with Crippen molar-refractivity contribution in [3.8, 4) is 0 Å². The first-order chi connectivity index (χ1) is 9.35. The predicted octanol–water partition coefficient (Wildman–Crippen LogP) is 0.690. The molecular weight excluding hydrogens is 351 g/mol. The van der Waals surface area contributed by atoms with Crippen molar-refractivity contribution >= 4 is 37.4 Å². The fourth-order valence-corrected chi connectivity index (χ4v) is 5.03. The van der Waals surface area contributed by atoms with Gasteiger partial charge < -0.3 is 10.2 Å². The van der Waals surface area contributed by atoms with Gasteiger partial charge in [0, 0.05) is 4.47 Å². The largest absolute Gasteiger partial charge is 0.354 e. The summed E-state index contributed by atoms with van der Waals surface area (Å²) >= 11 is 3.17. The molecule has 5 nitrogen and oxygen atoms in total. The topological polar surface area (TPSA) is 66.5 Å². The number of halogens is 2. The molecule has 2 saturated heterocycles. The van der Waals surface area contributed by atoms with E-state index >= 15 is 0 Å². The predicted molar refractivity (Wildman–Crippen MR) is 75.8 cm³/mol. The number of nitrogens with zero attached hydrogens (tertiary/aromatic N) is 1. The van der Waals surface area contributed by atoms with Crippen molar-refractivity contribution in [2.45, 2.75) is 12.1 Å². The third kappa shape index (κ3) is 2.42. The van der Waals surface area contributed by atoms with E-state index in [1.165, 1.54) is 6.07 Å². The average Bonchev–Trinajstić information content (AvgIpc) is 2.62. The van der Waals surface area contributed by atoms with Gasteiger partial charge >= 0.3 is 0 Å². The van der Waals surface area contributed by atoms with Crippen LogP contribution in [0.4, 0.5) is 10.1 Å². The third-order valence-electron chi connectivity index (χ3n) is 3.60. The van der Waals surface area contributed by atoms with Crippen molar-refractivity contribution < 1.29 is 17.6 Å². The molecule has 1 aromatic rings. The molecule has 1 aromatic carbocycles. The van der Waals surface area contributed by atoms with E-state index in [2.05, 4.69) is 21.2 Å². The summed E-state index contributed by atoms with van der Waals surface area (Å²) in [4.78, 5) is 13.3. The molecule has 2 fully saturated rings. The Morgan fingerprint density at radius 2 is 2.10 bits per heavy atom. The Morgan fingerprint density at radius 1 is 1.35 bits per heavy atom. The molecule has 0 radical (unpaired) electrons. The van der Waals surface area contributed by atoms with Crippen LogP contribution in [0.1, 0.15) is 0 Å². The maximum Gasteiger partial charge on any atom is 0.239 e. The molecule has 8 heteroatoms. The number of carbonyl (C=O) groups excluding carboxylic acids is 1. The molecule has 1 N–H and O–H groups in total. The molecule has 0 unspecified atom stereocenters. The van der Waals surface area contributed by atoms with Gasteiger partial charge in [0.15, 0.2) is 9.84 Å². The second kappa shape index (κ2) is 4.70. The maximum absolute atomic E-state index is 14.1. The highest BCUT2D eigenvalue weighted by Gasteiger charge is 2.45. The number of carbonyl (C=O) groups is 1. The first-order valence-electron chi connectivity index (χ1n) is 6.07. The monoisotopic (exact) mass is 362 g/mol. The van der Waals surface area contributed by atoms with Gasteiger partial charge in [-0.05, 0) is 18.2 Å². The summed E-state index contributed by atoms with van der Waals surface area (Å²) in [5.74, 6) is -0.909. The van der Waals surface area contributed by atoms with Crippen LogP contribution in [-0.4, -0.2) is 44.5 Å². The molecule has 0 saturated carbocycles. The summed E-state index contributed by atoms with van der Waals surface area (Å²) in [6, 6.07) is 3.65. The number of amides is 1. The minimum absolute atomic E-state index is 0.0325. The molecule has 0 aliphatic carbocycles. The highest BCUT2D eigenvalue weighted by molar-refractivity contribution is 9.10. The Bertz CT molecular complexity index is 679. The number of hydrogen-bond donors (Lipinski definition) is 1. The first-order valence-corrected chi connectivity index (χ1v) is 8.69. The lowest BCUT2D eigenvalue weighted by Gasteiger charge is -2.38. The number of anilines is 1. The van der Waals surface area contributed by atoms with Gasteiger partial charge in [-0.2, -0.15) is 0 Å². The van der Waals surface area contributed by atoms with E-state index in [9.17, 15) is 17.6 Å². The van der Waals surface area contributed by atoms with Gasteiger partial charge in [0.05, 0.1) is 35.8 Å². The Morgan fingerprint density at radius 3 is 2.80 bits per heavy atom. The second-order valence-corrected chi connectivity index (χ2v) is 8.11. The minimum atomic E-state index is -3.20. The van der Waals surface area contributed by atoms with Crippen molar-refractivity contribution in [1.29, 1.82) is 0 Å². The molecule has 2 heterocycles. The second-order valence-electron chi connectivity index (χ2n) is 5.04. The van der Waals surface area contributed by atoms with E-state index in [4.69, 9.17) is 0 Å². The number of rotatable bonds is 1. The molecule has 0 aromatic heterocycles. The zero-order chi connectivity index (χ0) is 14.5. The van der Waals surface area contributed by atoms with E-state index in [0.717, 1.165) is 0 Å². The third-order valence-corrected chi connectivity index (χ3v) is 5.81. The Balaban J connectivity index is 2.01. The summed E-state index contributed by atoms with van der Waals surface area (Å²) in [6.45, 7) is -0.0325.